The van der Waals surface area contributed by atoms with Crippen LogP contribution in [0.3, 0.4) is 0 Å². The molecule has 88 valence electrons. The van der Waals surface area contributed by atoms with Gasteiger partial charge in [-0.15, -0.1) is 0 Å². The average molecular weight is 220 g/mol. The predicted octanol–water partition coefficient (Wildman–Crippen LogP) is 3.17. The monoisotopic (exact) mass is 220 g/mol. The van der Waals surface area contributed by atoms with E-state index in [1.54, 1.807) is 0 Å². The molecular formula is C13H20N2O. The Labute approximate surface area is 97.6 Å². The van der Waals surface area contributed by atoms with Gasteiger partial charge in [0.05, 0.1) is 12.3 Å². The van der Waals surface area contributed by atoms with Crippen LogP contribution in [0.4, 0.5) is 0 Å². The van der Waals surface area contributed by atoms with Gasteiger partial charge in [-0.1, -0.05) is 19.9 Å². The lowest BCUT2D eigenvalue weighted by atomic mass is 10.1. The molecule has 16 heavy (non-hydrogen) atoms. The summed E-state index contributed by atoms with van der Waals surface area (Å²) in [7, 11) is 0. The van der Waals surface area contributed by atoms with Gasteiger partial charge < -0.3 is 4.74 Å². The van der Waals surface area contributed by atoms with Crippen molar-refractivity contribution in [3.05, 3.63) is 29.4 Å². The summed E-state index contributed by atoms with van der Waals surface area (Å²) in [6.07, 6.45) is 5.73. The molecule has 0 aliphatic heterocycles. The molecule has 0 amide bonds. The van der Waals surface area contributed by atoms with Gasteiger partial charge in [-0.05, 0) is 25.8 Å². The second kappa shape index (κ2) is 6.38. The Morgan fingerprint density at radius 2 is 2.19 bits per heavy atom. The summed E-state index contributed by atoms with van der Waals surface area (Å²) in [6, 6.07) is 0. The van der Waals surface area contributed by atoms with Crippen molar-refractivity contribution >= 4 is 6.08 Å². The van der Waals surface area contributed by atoms with Crippen LogP contribution in [0.2, 0.25) is 0 Å². The quantitative estimate of drug-likeness (QED) is 0.764. The van der Waals surface area contributed by atoms with Crippen LogP contribution in [-0.2, 0) is 11.3 Å². The first-order valence-corrected chi connectivity index (χ1v) is 5.75. The summed E-state index contributed by atoms with van der Waals surface area (Å²) in [4.78, 5) is 8.82. The zero-order valence-electron chi connectivity index (χ0n) is 10.5. The third kappa shape index (κ3) is 3.42. The summed E-state index contributed by atoms with van der Waals surface area (Å²) in [5.41, 5.74) is 2.17. The molecule has 0 saturated carbocycles. The SMILES string of the molecule is C/C=C/c1ncc(COCC)c(C(C)C)n1. The summed E-state index contributed by atoms with van der Waals surface area (Å²) in [5.74, 6) is 1.16. The van der Waals surface area contributed by atoms with Crippen molar-refractivity contribution in [2.75, 3.05) is 6.61 Å². The van der Waals surface area contributed by atoms with Crippen molar-refractivity contribution in [1.29, 1.82) is 0 Å². The van der Waals surface area contributed by atoms with E-state index in [-0.39, 0.29) is 0 Å². The van der Waals surface area contributed by atoms with Gasteiger partial charge in [0, 0.05) is 18.4 Å². The van der Waals surface area contributed by atoms with Crippen molar-refractivity contribution in [1.82, 2.24) is 9.97 Å². The molecule has 1 rings (SSSR count). The van der Waals surface area contributed by atoms with Gasteiger partial charge in [-0.25, -0.2) is 9.97 Å². The fourth-order valence-electron chi connectivity index (χ4n) is 1.49. The lowest BCUT2D eigenvalue weighted by molar-refractivity contribution is 0.132. The van der Waals surface area contributed by atoms with Gasteiger partial charge in [0.1, 0.15) is 0 Å². The molecule has 0 saturated heterocycles. The van der Waals surface area contributed by atoms with Gasteiger partial charge in [-0.2, -0.15) is 0 Å². The topological polar surface area (TPSA) is 35.0 Å². The van der Waals surface area contributed by atoms with E-state index >= 15 is 0 Å². The Kier molecular flexibility index (Phi) is 5.12. The van der Waals surface area contributed by atoms with E-state index in [1.807, 2.05) is 32.2 Å². The predicted molar refractivity (Wildman–Crippen MR) is 66.2 cm³/mol. The van der Waals surface area contributed by atoms with E-state index in [0.717, 1.165) is 17.1 Å². The van der Waals surface area contributed by atoms with Crippen LogP contribution >= 0.6 is 0 Å². The Balaban J connectivity index is 2.99. The second-order valence-corrected chi connectivity index (χ2v) is 3.93. The van der Waals surface area contributed by atoms with Gasteiger partial charge >= 0.3 is 0 Å². The summed E-state index contributed by atoms with van der Waals surface area (Å²) >= 11 is 0. The zero-order valence-corrected chi connectivity index (χ0v) is 10.5. The largest absolute Gasteiger partial charge is 0.377 e. The maximum absolute atomic E-state index is 5.41. The van der Waals surface area contributed by atoms with Crippen molar-refractivity contribution in [2.24, 2.45) is 0 Å². The van der Waals surface area contributed by atoms with Crippen molar-refractivity contribution in [2.45, 2.75) is 40.2 Å². The fourth-order valence-corrected chi connectivity index (χ4v) is 1.49. The third-order valence-electron chi connectivity index (χ3n) is 2.24. The number of allylic oxidation sites excluding steroid dienone is 1. The standard InChI is InChI=1S/C13H20N2O/c1-5-7-12-14-8-11(9-16-6-2)13(15-12)10(3)4/h5,7-8,10H,6,9H2,1-4H3/b7-5+. The highest BCUT2D eigenvalue weighted by Gasteiger charge is 2.09. The number of rotatable bonds is 5. The van der Waals surface area contributed by atoms with Crippen molar-refractivity contribution < 1.29 is 4.74 Å². The molecule has 0 fully saturated rings. The number of hydrogen-bond donors (Lipinski definition) is 0. The highest BCUT2D eigenvalue weighted by Crippen LogP contribution is 2.17. The Morgan fingerprint density at radius 1 is 1.44 bits per heavy atom. The molecule has 0 spiro atoms. The van der Waals surface area contributed by atoms with E-state index in [9.17, 15) is 0 Å². The minimum absolute atomic E-state index is 0.391. The van der Waals surface area contributed by atoms with E-state index in [4.69, 9.17) is 4.74 Å². The molecule has 0 bridgehead atoms. The molecule has 0 radical (unpaired) electrons. The van der Waals surface area contributed by atoms with Crippen LogP contribution in [0.15, 0.2) is 12.3 Å². The molecule has 3 heteroatoms. The molecule has 1 aromatic rings. The summed E-state index contributed by atoms with van der Waals surface area (Å²) in [6.45, 7) is 9.54. The van der Waals surface area contributed by atoms with Crippen LogP contribution in [0.5, 0.6) is 0 Å². The van der Waals surface area contributed by atoms with Crippen LogP contribution in [-0.4, -0.2) is 16.6 Å². The molecule has 0 aliphatic rings. The zero-order chi connectivity index (χ0) is 12.0. The molecule has 1 heterocycles. The molecule has 0 aromatic carbocycles. The molecule has 0 atom stereocenters. The Morgan fingerprint density at radius 3 is 2.75 bits per heavy atom. The maximum atomic E-state index is 5.41. The molecule has 0 N–H and O–H groups in total. The minimum atomic E-state index is 0.391. The first-order chi connectivity index (χ1) is 7.69. The van der Waals surface area contributed by atoms with Gasteiger partial charge in [0.2, 0.25) is 0 Å². The third-order valence-corrected chi connectivity index (χ3v) is 2.24. The van der Waals surface area contributed by atoms with Crippen LogP contribution in [0.1, 0.15) is 50.7 Å². The molecule has 0 aliphatic carbocycles. The smallest absolute Gasteiger partial charge is 0.151 e. The Hall–Kier alpha value is -1.22. The summed E-state index contributed by atoms with van der Waals surface area (Å²) < 4.78 is 5.41. The number of aromatic nitrogens is 2. The number of nitrogens with zero attached hydrogens (tertiary/aromatic N) is 2. The molecular weight excluding hydrogens is 200 g/mol. The average Bonchev–Trinajstić information content (AvgIpc) is 2.27. The van der Waals surface area contributed by atoms with Gasteiger partial charge in [-0.3, -0.25) is 0 Å². The number of ether oxygens (including phenoxy) is 1. The van der Waals surface area contributed by atoms with Gasteiger partial charge in [0.15, 0.2) is 5.82 Å². The van der Waals surface area contributed by atoms with Crippen LogP contribution in [0, 0.1) is 0 Å². The Bertz CT molecular complexity index is 359. The normalized spacial score (nSPS) is 11.6. The van der Waals surface area contributed by atoms with E-state index in [2.05, 4.69) is 23.8 Å². The van der Waals surface area contributed by atoms with Crippen molar-refractivity contribution in [3.8, 4) is 0 Å². The van der Waals surface area contributed by atoms with E-state index in [1.165, 1.54) is 0 Å². The van der Waals surface area contributed by atoms with Crippen LogP contribution < -0.4 is 0 Å². The van der Waals surface area contributed by atoms with Gasteiger partial charge in [0.25, 0.3) is 0 Å². The molecule has 3 nitrogen and oxygen atoms in total. The highest BCUT2D eigenvalue weighted by atomic mass is 16.5. The fraction of sp³-hybridized carbons (Fsp3) is 0.538. The molecule has 1 aromatic heterocycles. The first-order valence-electron chi connectivity index (χ1n) is 5.75. The van der Waals surface area contributed by atoms with E-state index < -0.39 is 0 Å². The van der Waals surface area contributed by atoms with E-state index in [0.29, 0.717) is 19.1 Å². The second-order valence-electron chi connectivity index (χ2n) is 3.93. The van der Waals surface area contributed by atoms with Crippen molar-refractivity contribution in [3.63, 3.8) is 0 Å². The lowest BCUT2D eigenvalue weighted by Crippen LogP contribution is -2.05. The summed E-state index contributed by atoms with van der Waals surface area (Å²) in [5, 5.41) is 0. The molecule has 0 unspecified atom stereocenters. The maximum Gasteiger partial charge on any atom is 0.151 e. The lowest BCUT2D eigenvalue weighted by Gasteiger charge is -2.11. The minimum Gasteiger partial charge on any atom is -0.377 e. The first kappa shape index (κ1) is 12.8. The highest BCUT2D eigenvalue weighted by molar-refractivity contribution is 5.40. The number of hydrogen-bond acceptors (Lipinski definition) is 3. The van der Waals surface area contributed by atoms with Crippen LogP contribution in [0.25, 0.3) is 6.08 Å².